The zero-order valence-corrected chi connectivity index (χ0v) is 11.3. The Morgan fingerprint density at radius 2 is 1.89 bits per heavy atom. The van der Waals surface area contributed by atoms with Crippen LogP contribution in [0.4, 0.5) is 4.39 Å². The normalized spacial score (nSPS) is 10.4. The van der Waals surface area contributed by atoms with Gasteiger partial charge in [-0.3, -0.25) is 4.79 Å². The molecule has 0 spiro atoms. The molecule has 100 valence electrons. The predicted molar refractivity (Wildman–Crippen MR) is 70.9 cm³/mol. The fraction of sp³-hybridized carbons (Fsp3) is 0.500. The summed E-state index contributed by atoms with van der Waals surface area (Å²) in [6.45, 7) is 4.77. The van der Waals surface area contributed by atoms with Crippen molar-refractivity contribution in [2.24, 2.45) is 0 Å². The zero-order chi connectivity index (χ0) is 13.5. The van der Waals surface area contributed by atoms with Crippen molar-refractivity contribution in [3.63, 3.8) is 0 Å². The lowest BCUT2D eigenvalue weighted by molar-refractivity contribution is -0.121. The van der Waals surface area contributed by atoms with Gasteiger partial charge in [-0.25, -0.2) is 4.39 Å². The van der Waals surface area contributed by atoms with E-state index >= 15 is 0 Å². The fourth-order valence-corrected chi connectivity index (χ4v) is 1.85. The van der Waals surface area contributed by atoms with E-state index in [1.807, 2.05) is 7.05 Å². The first-order valence-corrected chi connectivity index (χ1v) is 6.21. The molecule has 1 aromatic carbocycles. The van der Waals surface area contributed by atoms with Crippen LogP contribution in [0.25, 0.3) is 0 Å². The third-order valence-corrected chi connectivity index (χ3v) is 2.82. The Bertz CT molecular complexity index is 395. The second-order valence-corrected chi connectivity index (χ2v) is 4.53. The Balaban J connectivity index is 2.46. The number of rotatable bonds is 6. The summed E-state index contributed by atoms with van der Waals surface area (Å²) in [7, 11) is 1.86. The van der Waals surface area contributed by atoms with Gasteiger partial charge >= 0.3 is 0 Å². The molecule has 18 heavy (non-hydrogen) atoms. The van der Waals surface area contributed by atoms with Crippen molar-refractivity contribution in [1.82, 2.24) is 10.6 Å². The van der Waals surface area contributed by atoms with E-state index in [4.69, 9.17) is 0 Å². The Morgan fingerprint density at radius 3 is 2.44 bits per heavy atom. The number of aryl methyl sites for hydroxylation is 2. The first kappa shape index (κ1) is 14.6. The van der Waals surface area contributed by atoms with Gasteiger partial charge in [0.05, 0.1) is 0 Å². The molecular weight excluding hydrogens is 231 g/mol. The molecule has 0 bridgehead atoms. The van der Waals surface area contributed by atoms with E-state index in [0.29, 0.717) is 24.1 Å². The Kier molecular flexibility index (Phi) is 5.78. The molecule has 2 N–H and O–H groups in total. The fourth-order valence-electron chi connectivity index (χ4n) is 1.85. The van der Waals surface area contributed by atoms with E-state index in [1.165, 1.54) is 0 Å². The van der Waals surface area contributed by atoms with E-state index in [-0.39, 0.29) is 11.7 Å². The summed E-state index contributed by atoms with van der Waals surface area (Å²) in [5.74, 6) is -0.135. The average Bonchev–Trinajstić information content (AvgIpc) is 2.33. The monoisotopic (exact) mass is 252 g/mol. The van der Waals surface area contributed by atoms with E-state index < -0.39 is 0 Å². The van der Waals surface area contributed by atoms with Crippen molar-refractivity contribution in [1.29, 1.82) is 0 Å². The van der Waals surface area contributed by atoms with Gasteiger partial charge < -0.3 is 10.6 Å². The maximum atomic E-state index is 13.4. The van der Waals surface area contributed by atoms with Gasteiger partial charge in [0.1, 0.15) is 5.82 Å². The first-order chi connectivity index (χ1) is 8.54. The summed E-state index contributed by atoms with van der Waals surface area (Å²) >= 11 is 0. The van der Waals surface area contributed by atoms with Crippen LogP contribution in [0.15, 0.2) is 12.1 Å². The first-order valence-electron chi connectivity index (χ1n) is 6.21. The van der Waals surface area contributed by atoms with E-state index in [1.54, 1.807) is 26.0 Å². The molecule has 0 unspecified atom stereocenters. The lowest BCUT2D eigenvalue weighted by atomic mass is 10.1. The molecule has 0 saturated heterocycles. The molecule has 3 nitrogen and oxygen atoms in total. The number of carbonyl (C=O) groups excluding carboxylic acids is 1. The third kappa shape index (κ3) is 4.45. The Hall–Kier alpha value is -1.42. The molecule has 0 aliphatic heterocycles. The molecule has 0 aromatic heterocycles. The van der Waals surface area contributed by atoms with Gasteiger partial charge in [0.25, 0.3) is 0 Å². The van der Waals surface area contributed by atoms with Gasteiger partial charge in [0, 0.05) is 13.0 Å². The standard InChI is InChI=1S/C14H21FN2O/c1-10-7-12(8-11(2)14(10)15)9-17-13(18)5-4-6-16-3/h7-8,16H,4-6,9H2,1-3H3,(H,17,18). The van der Waals surface area contributed by atoms with Gasteiger partial charge in [-0.15, -0.1) is 0 Å². The maximum Gasteiger partial charge on any atom is 0.220 e. The van der Waals surface area contributed by atoms with Crippen molar-refractivity contribution < 1.29 is 9.18 Å². The number of halogens is 1. The molecule has 4 heteroatoms. The molecule has 0 radical (unpaired) electrons. The molecular formula is C14H21FN2O. The van der Waals surface area contributed by atoms with E-state index in [9.17, 15) is 9.18 Å². The lowest BCUT2D eigenvalue weighted by Gasteiger charge is -2.08. The molecule has 0 saturated carbocycles. The number of amides is 1. The Morgan fingerprint density at radius 1 is 1.28 bits per heavy atom. The molecule has 0 aliphatic carbocycles. The summed E-state index contributed by atoms with van der Waals surface area (Å²) in [6.07, 6.45) is 1.34. The summed E-state index contributed by atoms with van der Waals surface area (Å²) in [6, 6.07) is 3.55. The molecule has 0 aliphatic rings. The average molecular weight is 252 g/mol. The van der Waals surface area contributed by atoms with Crippen molar-refractivity contribution in [2.75, 3.05) is 13.6 Å². The van der Waals surface area contributed by atoms with Crippen molar-refractivity contribution >= 4 is 5.91 Å². The van der Waals surface area contributed by atoms with Crippen molar-refractivity contribution in [3.05, 3.63) is 34.6 Å². The van der Waals surface area contributed by atoms with Gasteiger partial charge in [-0.1, -0.05) is 12.1 Å². The molecule has 1 amide bonds. The van der Waals surface area contributed by atoms with E-state index in [2.05, 4.69) is 10.6 Å². The number of carbonyl (C=O) groups is 1. The van der Waals surface area contributed by atoms with Gasteiger partial charge in [0.2, 0.25) is 5.91 Å². The Labute approximate surface area is 108 Å². The van der Waals surface area contributed by atoms with Crippen LogP contribution < -0.4 is 10.6 Å². The van der Waals surface area contributed by atoms with E-state index in [0.717, 1.165) is 18.5 Å². The highest BCUT2D eigenvalue weighted by molar-refractivity contribution is 5.75. The summed E-state index contributed by atoms with van der Waals surface area (Å²) in [5.41, 5.74) is 2.18. The summed E-state index contributed by atoms with van der Waals surface area (Å²) in [5, 5.41) is 5.84. The second-order valence-electron chi connectivity index (χ2n) is 4.53. The molecule has 0 heterocycles. The topological polar surface area (TPSA) is 41.1 Å². The van der Waals surface area contributed by atoms with Crippen LogP contribution in [0.2, 0.25) is 0 Å². The van der Waals surface area contributed by atoms with Crippen LogP contribution in [0.1, 0.15) is 29.5 Å². The third-order valence-electron chi connectivity index (χ3n) is 2.82. The van der Waals surface area contributed by atoms with Crippen molar-refractivity contribution in [2.45, 2.75) is 33.2 Å². The highest BCUT2D eigenvalue weighted by Crippen LogP contribution is 2.14. The van der Waals surface area contributed by atoms with Crippen LogP contribution in [-0.2, 0) is 11.3 Å². The van der Waals surface area contributed by atoms with Gasteiger partial charge in [0.15, 0.2) is 0 Å². The molecule has 0 fully saturated rings. The van der Waals surface area contributed by atoms with Crippen LogP contribution in [0, 0.1) is 19.7 Å². The predicted octanol–water partition coefficient (Wildman–Crippen LogP) is 2.06. The smallest absolute Gasteiger partial charge is 0.220 e. The number of benzene rings is 1. The lowest BCUT2D eigenvalue weighted by Crippen LogP contribution is -2.23. The highest BCUT2D eigenvalue weighted by Gasteiger charge is 2.05. The molecule has 0 atom stereocenters. The zero-order valence-electron chi connectivity index (χ0n) is 11.3. The summed E-state index contributed by atoms with van der Waals surface area (Å²) < 4.78 is 13.4. The number of nitrogens with one attached hydrogen (secondary N) is 2. The molecule has 1 rings (SSSR count). The highest BCUT2D eigenvalue weighted by atomic mass is 19.1. The largest absolute Gasteiger partial charge is 0.352 e. The van der Waals surface area contributed by atoms with Crippen molar-refractivity contribution in [3.8, 4) is 0 Å². The van der Waals surface area contributed by atoms with Crippen LogP contribution in [0.3, 0.4) is 0 Å². The minimum atomic E-state index is -0.168. The van der Waals surface area contributed by atoms with Gasteiger partial charge in [-0.05, 0) is 50.6 Å². The summed E-state index contributed by atoms with van der Waals surface area (Å²) in [4.78, 5) is 11.5. The van der Waals surface area contributed by atoms with Crippen LogP contribution >= 0.6 is 0 Å². The van der Waals surface area contributed by atoms with Crippen LogP contribution in [-0.4, -0.2) is 19.5 Å². The maximum absolute atomic E-state index is 13.4. The van der Waals surface area contributed by atoms with Gasteiger partial charge in [-0.2, -0.15) is 0 Å². The SMILES string of the molecule is CNCCCC(=O)NCc1cc(C)c(F)c(C)c1. The second kappa shape index (κ2) is 7.11. The quantitative estimate of drug-likeness (QED) is 0.761. The minimum Gasteiger partial charge on any atom is -0.352 e. The number of hydrogen-bond donors (Lipinski definition) is 2. The minimum absolute atomic E-state index is 0.0323. The number of hydrogen-bond acceptors (Lipinski definition) is 2. The van der Waals surface area contributed by atoms with Crippen LogP contribution in [0.5, 0.6) is 0 Å². The molecule has 1 aromatic rings.